The first-order valence-electron chi connectivity index (χ1n) is 3.20. The Labute approximate surface area is 67.3 Å². The van der Waals surface area contributed by atoms with Gasteiger partial charge in [0.25, 0.3) is 0 Å². The molecule has 0 fully saturated rings. The molecule has 0 spiro atoms. The highest BCUT2D eigenvalue weighted by Gasteiger charge is 1.99. The smallest absolute Gasteiger partial charge is 0.0774 e. The largest absolute Gasteiger partial charge is 0.391 e. The maximum absolute atomic E-state index is 8.81. The Bertz CT molecular complexity index is 338. The Kier molecular flexibility index (Phi) is 1.56. The molecule has 2 aromatic rings. The number of hydrogen-bond acceptors (Lipinski definition) is 4. The van der Waals surface area contributed by atoms with Crippen LogP contribution in [0.2, 0.25) is 0 Å². The van der Waals surface area contributed by atoms with Crippen LogP contribution >= 0.6 is 11.3 Å². The van der Waals surface area contributed by atoms with Gasteiger partial charge < -0.3 is 5.11 Å². The van der Waals surface area contributed by atoms with E-state index in [0.29, 0.717) is 0 Å². The molecule has 0 aliphatic carbocycles. The average Bonchev–Trinajstić information content (AvgIpc) is 2.46. The molecule has 0 saturated heterocycles. The summed E-state index contributed by atoms with van der Waals surface area (Å²) in [4.78, 5) is 0.954. The minimum Gasteiger partial charge on any atom is -0.391 e. The number of thiophene rings is 1. The average molecular weight is 166 g/mol. The van der Waals surface area contributed by atoms with E-state index in [-0.39, 0.29) is 6.61 Å². The highest BCUT2D eigenvalue weighted by Crippen LogP contribution is 2.23. The SMILES string of the molecule is OCc1cc2cnncc2s1. The summed E-state index contributed by atoms with van der Waals surface area (Å²) in [6.07, 6.45) is 3.41. The summed E-state index contributed by atoms with van der Waals surface area (Å²) in [7, 11) is 0. The van der Waals surface area contributed by atoms with Crippen molar-refractivity contribution >= 4 is 21.4 Å². The summed E-state index contributed by atoms with van der Waals surface area (Å²) in [6.45, 7) is 0.0966. The van der Waals surface area contributed by atoms with E-state index in [9.17, 15) is 0 Å². The third kappa shape index (κ3) is 1.10. The summed E-state index contributed by atoms with van der Waals surface area (Å²) < 4.78 is 1.07. The van der Waals surface area contributed by atoms with Crippen LogP contribution in [-0.2, 0) is 6.61 Å². The first-order valence-corrected chi connectivity index (χ1v) is 4.02. The fourth-order valence-corrected chi connectivity index (χ4v) is 1.80. The van der Waals surface area contributed by atoms with Gasteiger partial charge in [-0.05, 0) is 6.07 Å². The molecule has 2 heterocycles. The van der Waals surface area contributed by atoms with Crippen LogP contribution in [0.25, 0.3) is 10.1 Å². The Morgan fingerprint density at radius 1 is 1.36 bits per heavy atom. The Morgan fingerprint density at radius 2 is 2.18 bits per heavy atom. The molecular formula is C7H6N2OS. The quantitative estimate of drug-likeness (QED) is 0.692. The molecule has 0 saturated carbocycles. The molecule has 2 rings (SSSR count). The maximum Gasteiger partial charge on any atom is 0.0774 e. The molecule has 0 aliphatic heterocycles. The zero-order valence-electron chi connectivity index (χ0n) is 5.69. The first kappa shape index (κ1) is 6.69. The number of rotatable bonds is 1. The standard InChI is InChI=1S/C7H6N2OS/c10-4-6-1-5-2-8-9-3-7(5)11-6/h1-3,10H,4H2. The van der Waals surface area contributed by atoms with Gasteiger partial charge in [-0.15, -0.1) is 11.3 Å². The lowest BCUT2D eigenvalue weighted by Gasteiger charge is -1.80. The molecule has 0 radical (unpaired) electrons. The number of hydrogen-bond donors (Lipinski definition) is 1. The number of nitrogens with zero attached hydrogens (tertiary/aromatic N) is 2. The van der Waals surface area contributed by atoms with Gasteiger partial charge in [-0.1, -0.05) is 0 Å². The van der Waals surface area contributed by atoms with E-state index in [1.807, 2.05) is 6.07 Å². The molecule has 0 unspecified atom stereocenters. The molecule has 1 N–H and O–H groups in total. The minimum absolute atomic E-state index is 0.0966. The van der Waals surface area contributed by atoms with Crippen LogP contribution in [0.15, 0.2) is 18.5 Å². The minimum atomic E-state index is 0.0966. The molecule has 2 aromatic heterocycles. The van der Waals surface area contributed by atoms with Crippen molar-refractivity contribution in [2.24, 2.45) is 0 Å². The third-order valence-electron chi connectivity index (χ3n) is 1.44. The molecule has 0 amide bonds. The Hall–Kier alpha value is -1.000. The monoisotopic (exact) mass is 166 g/mol. The highest BCUT2D eigenvalue weighted by molar-refractivity contribution is 7.19. The number of aliphatic hydroxyl groups excluding tert-OH is 1. The van der Waals surface area contributed by atoms with Gasteiger partial charge in [0.2, 0.25) is 0 Å². The van der Waals surface area contributed by atoms with Gasteiger partial charge in [-0.3, -0.25) is 0 Å². The molecule has 0 atom stereocenters. The van der Waals surface area contributed by atoms with Gasteiger partial charge in [0.05, 0.1) is 23.7 Å². The lowest BCUT2D eigenvalue weighted by Crippen LogP contribution is -1.73. The van der Waals surface area contributed by atoms with Crippen LogP contribution in [0.1, 0.15) is 4.88 Å². The van der Waals surface area contributed by atoms with Gasteiger partial charge in [-0.2, -0.15) is 10.2 Å². The predicted molar refractivity (Wildman–Crippen MR) is 43.3 cm³/mol. The second-order valence-electron chi connectivity index (χ2n) is 2.18. The number of fused-ring (bicyclic) bond motifs is 1. The fraction of sp³-hybridized carbons (Fsp3) is 0.143. The van der Waals surface area contributed by atoms with Crippen molar-refractivity contribution in [2.75, 3.05) is 0 Å². The second-order valence-corrected chi connectivity index (χ2v) is 3.35. The van der Waals surface area contributed by atoms with Gasteiger partial charge in [0, 0.05) is 10.3 Å². The van der Waals surface area contributed by atoms with Crippen LogP contribution < -0.4 is 0 Å². The molecule has 11 heavy (non-hydrogen) atoms. The van der Waals surface area contributed by atoms with Crippen molar-refractivity contribution in [1.29, 1.82) is 0 Å². The molecule has 0 aromatic carbocycles. The lowest BCUT2D eigenvalue weighted by molar-refractivity contribution is 0.285. The molecule has 56 valence electrons. The Morgan fingerprint density at radius 3 is 2.91 bits per heavy atom. The summed E-state index contributed by atoms with van der Waals surface area (Å²) in [5.41, 5.74) is 0. The van der Waals surface area contributed by atoms with Crippen molar-refractivity contribution in [1.82, 2.24) is 10.2 Å². The van der Waals surface area contributed by atoms with E-state index in [0.717, 1.165) is 15.0 Å². The van der Waals surface area contributed by atoms with E-state index >= 15 is 0 Å². The zero-order valence-corrected chi connectivity index (χ0v) is 6.51. The van der Waals surface area contributed by atoms with Crippen molar-refractivity contribution in [3.63, 3.8) is 0 Å². The van der Waals surface area contributed by atoms with Crippen LogP contribution in [-0.4, -0.2) is 15.3 Å². The Balaban J connectivity index is 2.69. The predicted octanol–water partition coefficient (Wildman–Crippen LogP) is 1.18. The van der Waals surface area contributed by atoms with E-state index in [1.54, 1.807) is 23.7 Å². The molecule has 4 heteroatoms. The summed E-state index contributed by atoms with van der Waals surface area (Å²) in [6, 6.07) is 1.93. The van der Waals surface area contributed by atoms with Crippen LogP contribution in [0.3, 0.4) is 0 Å². The molecule has 0 aliphatic rings. The lowest BCUT2D eigenvalue weighted by atomic mass is 10.3. The maximum atomic E-state index is 8.81. The third-order valence-corrected chi connectivity index (χ3v) is 2.51. The van der Waals surface area contributed by atoms with E-state index < -0.39 is 0 Å². The normalized spacial score (nSPS) is 10.6. The fourth-order valence-electron chi connectivity index (χ4n) is 0.935. The molecular weight excluding hydrogens is 160 g/mol. The summed E-state index contributed by atoms with van der Waals surface area (Å²) >= 11 is 1.54. The van der Waals surface area contributed by atoms with Crippen LogP contribution in [0.4, 0.5) is 0 Å². The van der Waals surface area contributed by atoms with Gasteiger partial charge in [-0.25, -0.2) is 0 Å². The van der Waals surface area contributed by atoms with E-state index in [4.69, 9.17) is 5.11 Å². The zero-order chi connectivity index (χ0) is 7.68. The number of aliphatic hydroxyl groups is 1. The summed E-state index contributed by atoms with van der Waals surface area (Å²) in [5, 5.41) is 17.3. The highest BCUT2D eigenvalue weighted by atomic mass is 32.1. The van der Waals surface area contributed by atoms with E-state index in [2.05, 4.69) is 10.2 Å². The van der Waals surface area contributed by atoms with Gasteiger partial charge in [0.15, 0.2) is 0 Å². The van der Waals surface area contributed by atoms with Crippen LogP contribution in [0, 0.1) is 0 Å². The van der Waals surface area contributed by atoms with E-state index in [1.165, 1.54) is 0 Å². The topological polar surface area (TPSA) is 46.0 Å². The first-order chi connectivity index (χ1) is 5.40. The van der Waals surface area contributed by atoms with Gasteiger partial charge >= 0.3 is 0 Å². The number of aromatic nitrogens is 2. The van der Waals surface area contributed by atoms with Crippen molar-refractivity contribution < 1.29 is 5.11 Å². The second kappa shape index (κ2) is 2.56. The summed E-state index contributed by atoms with van der Waals surface area (Å²) in [5.74, 6) is 0. The molecule has 0 bridgehead atoms. The van der Waals surface area contributed by atoms with Crippen molar-refractivity contribution in [3.8, 4) is 0 Å². The van der Waals surface area contributed by atoms with Gasteiger partial charge in [0.1, 0.15) is 0 Å². The van der Waals surface area contributed by atoms with Crippen molar-refractivity contribution in [2.45, 2.75) is 6.61 Å². The molecule has 3 nitrogen and oxygen atoms in total. The van der Waals surface area contributed by atoms with Crippen LogP contribution in [0.5, 0.6) is 0 Å². The van der Waals surface area contributed by atoms with Crippen molar-refractivity contribution in [3.05, 3.63) is 23.3 Å².